The number of carbonyl (C=O) groups is 2. The van der Waals surface area contributed by atoms with E-state index >= 15 is 0 Å². The molecule has 2 rings (SSSR count). The van der Waals surface area contributed by atoms with Crippen LogP contribution >= 0.6 is 0 Å². The maximum absolute atomic E-state index is 12.0. The molecule has 5 nitrogen and oxygen atoms in total. The van der Waals surface area contributed by atoms with Gasteiger partial charge in [-0.05, 0) is 48.4 Å². The van der Waals surface area contributed by atoms with Crippen molar-refractivity contribution in [3.05, 3.63) is 65.7 Å². The number of amides is 1. The second-order valence-electron chi connectivity index (χ2n) is 6.99. The molecule has 29 heavy (non-hydrogen) atoms. The van der Waals surface area contributed by atoms with Gasteiger partial charge in [-0.3, -0.25) is 4.79 Å². The zero-order valence-corrected chi connectivity index (χ0v) is 17.1. The number of unbranched alkanes of at least 4 members (excludes halogenated alkanes) is 6. The predicted octanol–water partition coefficient (Wildman–Crippen LogP) is 5.50. The van der Waals surface area contributed by atoms with Crippen LogP contribution < -0.4 is 10.2 Å². The van der Waals surface area contributed by atoms with E-state index in [1.54, 1.807) is 54.7 Å². The zero-order valence-electron chi connectivity index (χ0n) is 17.1. The molecule has 0 saturated heterocycles. The molecule has 0 aliphatic rings. The Morgan fingerprint density at radius 3 is 2.24 bits per heavy atom. The molecular formula is C24H30N2O3. The number of hydrazone groups is 1. The van der Waals surface area contributed by atoms with Crippen LogP contribution in [0.4, 0.5) is 0 Å². The highest BCUT2D eigenvalue weighted by Gasteiger charge is 2.07. The highest BCUT2D eigenvalue weighted by molar-refractivity contribution is 5.91. The molecule has 154 valence electrons. The summed E-state index contributed by atoms with van der Waals surface area (Å²) in [6.45, 7) is 2.21. The summed E-state index contributed by atoms with van der Waals surface area (Å²) in [5.41, 5.74) is 3.86. The van der Waals surface area contributed by atoms with Gasteiger partial charge in [0.1, 0.15) is 5.75 Å². The molecule has 0 spiro atoms. The number of benzene rings is 2. The maximum atomic E-state index is 12.0. The number of hydrogen-bond acceptors (Lipinski definition) is 4. The molecular weight excluding hydrogens is 364 g/mol. The summed E-state index contributed by atoms with van der Waals surface area (Å²) >= 11 is 0. The van der Waals surface area contributed by atoms with Crippen molar-refractivity contribution >= 4 is 18.1 Å². The Kier molecular flexibility index (Phi) is 10.2. The molecule has 0 bridgehead atoms. The lowest BCUT2D eigenvalue weighted by Gasteiger charge is -2.04. The van der Waals surface area contributed by atoms with E-state index in [0.29, 0.717) is 17.7 Å². The minimum absolute atomic E-state index is 0.0665. The smallest absolute Gasteiger partial charge is 0.343 e. The molecule has 0 atom stereocenters. The third kappa shape index (κ3) is 9.19. The van der Waals surface area contributed by atoms with E-state index in [4.69, 9.17) is 4.74 Å². The van der Waals surface area contributed by atoms with Gasteiger partial charge in [0.05, 0.1) is 11.8 Å². The summed E-state index contributed by atoms with van der Waals surface area (Å²) in [7, 11) is 0. The SMILES string of the molecule is CCCCCCCCCC(=O)N/N=C\c1ccc(OC(=O)c2ccccc2)cc1. The van der Waals surface area contributed by atoms with Crippen LogP contribution in [0.25, 0.3) is 0 Å². The summed E-state index contributed by atoms with van der Waals surface area (Å²) in [6, 6.07) is 15.8. The monoisotopic (exact) mass is 394 g/mol. The largest absolute Gasteiger partial charge is 0.423 e. The normalized spacial score (nSPS) is 10.8. The standard InChI is InChI=1S/C24H30N2O3/c1-2-3-4-5-6-7-11-14-23(27)26-25-19-20-15-17-22(18-16-20)29-24(28)21-12-9-8-10-13-21/h8-10,12-13,15-19H,2-7,11,14H2,1H3,(H,26,27)/b25-19-. The Hall–Kier alpha value is -2.95. The van der Waals surface area contributed by atoms with Gasteiger partial charge < -0.3 is 4.74 Å². The van der Waals surface area contributed by atoms with Crippen LogP contribution in [0, 0.1) is 0 Å². The lowest BCUT2D eigenvalue weighted by Crippen LogP contribution is -2.16. The topological polar surface area (TPSA) is 67.8 Å². The number of carbonyl (C=O) groups excluding carboxylic acids is 2. The van der Waals surface area contributed by atoms with Crippen LogP contribution in [0.3, 0.4) is 0 Å². The summed E-state index contributed by atoms with van der Waals surface area (Å²) in [5, 5.41) is 3.99. The number of nitrogens with one attached hydrogen (secondary N) is 1. The number of ether oxygens (including phenoxy) is 1. The van der Waals surface area contributed by atoms with E-state index < -0.39 is 5.97 Å². The summed E-state index contributed by atoms with van der Waals surface area (Å²) in [5.74, 6) is -0.00756. The van der Waals surface area contributed by atoms with Gasteiger partial charge >= 0.3 is 5.97 Å². The van der Waals surface area contributed by atoms with Crippen molar-refractivity contribution < 1.29 is 14.3 Å². The Labute approximate surface area is 173 Å². The molecule has 0 heterocycles. The van der Waals surface area contributed by atoms with Crippen LogP contribution in [0.1, 0.15) is 74.2 Å². The lowest BCUT2D eigenvalue weighted by molar-refractivity contribution is -0.121. The van der Waals surface area contributed by atoms with Gasteiger partial charge in [0.25, 0.3) is 0 Å². The second-order valence-corrected chi connectivity index (χ2v) is 6.99. The number of esters is 1. The minimum atomic E-state index is -0.398. The van der Waals surface area contributed by atoms with Crippen molar-refractivity contribution in [2.75, 3.05) is 0 Å². The lowest BCUT2D eigenvalue weighted by atomic mass is 10.1. The number of hydrogen-bond donors (Lipinski definition) is 1. The number of nitrogens with zero attached hydrogens (tertiary/aromatic N) is 1. The van der Waals surface area contributed by atoms with Gasteiger partial charge in [-0.1, -0.05) is 63.6 Å². The van der Waals surface area contributed by atoms with Crippen LogP contribution in [0.2, 0.25) is 0 Å². The first kappa shape index (κ1) is 22.3. The first-order chi connectivity index (χ1) is 14.2. The van der Waals surface area contributed by atoms with Crippen molar-refractivity contribution in [2.45, 2.75) is 58.3 Å². The van der Waals surface area contributed by atoms with Crippen molar-refractivity contribution in [3.8, 4) is 5.75 Å². The third-order valence-electron chi connectivity index (χ3n) is 4.51. The highest BCUT2D eigenvalue weighted by Crippen LogP contribution is 2.13. The Bertz CT molecular complexity index is 770. The van der Waals surface area contributed by atoms with E-state index in [1.165, 1.54) is 32.1 Å². The van der Waals surface area contributed by atoms with Crippen LogP contribution in [-0.4, -0.2) is 18.1 Å². The molecule has 1 amide bonds. The first-order valence-corrected chi connectivity index (χ1v) is 10.4. The van der Waals surface area contributed by atoms with Crippen LogP contribution in [-0.2, 0) is 4.79 Å². The van der Waals surface area contributed by atoms with E-state index in [0.717, 1.165) is 18.4 Å². The molecule has 5 heteroatoms. The molecule has 0 saturated carbocycles. The summed E-state index contributed by atoms with van der Waals surface area (Å²) < 4.78 is 5.33. The molecule has 2 aromatic rings. The molecule has 0 unspecified atom stereocenters. The summed E-state index contributed by atoms with van der Waals surface area (Å²) in [4.78, 5) is 23.8. The van der Waals surface area contributed by atoms with E-state index in [9.17, 15) is 9.59 Å². The summed E-state index contributed by atoms with van der Waals surface area (Å²) in [6.07, 6.45) is 10.3. The second kappa shape index (κ2) is 13.3. The fourth-order valence-corrected chi connectivity index (χ4v) is 2.84. The van der Waals surface area contributed by atoms with Crippen LogP contribution in [0.5, 0.6) is 5.75 Å². The average molecular weight is 395 g/mol. The molecule has 0 aliphatic carbocycles. The van der Waals surface area contributed by atoms with Crippen molar-refractivity contribution in [3.63, 3.8) is 0 Å². The molecule has 0 aromatic heterocycles. The molecule has 0 radical (unpaired) electrons. The third-order valence-corrected chi connectivity index (χ3v) is 4.51. The minimum Gasteiger partial charge on any atom is -0.423 e. The van der Waals surface area contributed by atoms with E-state index in [2.05, 4.69) is 17.5 Å². The Morgan fingerprint density at radius 1 is 0.897 bits per heavy atom. The van der Waals surface area contributed by atoms with E-state index in [-0.39, 0.29) is 5.91 Å². The van der Waals surface area contributed by atoms with Gasteiger partial charge in [-0.25, -0.2) is 10.2 Å². The average Bonchev–Trinajstić information content (AvgIpc) is 2.75. The van der Waals surface area contributed by atoms with Crippen molar-refractivity contribution in [2.24, 2.45) is 5.10 Å². The first-order valence-electron chi connectivity index (χ1n) is 10.4. The fraction of sp³-hybridized carbons (Fsp3) is 0.375. The van der Waals surface area contributed by atoms with Crippen molar-refractivity contribution in [1.29, 1.82) is 0 Å². The van der Waals surface area contributed by atoms with Gasteiger partial charge in [-0.15, -0.1) is 0 Å². The molecule has 0 fully saturated rings. The Morgan fingerprint density at radius 2 is 1.55 bits per heavy atom. The quantitative estimate of drug-likeness (QED) is 0.170. The predicted molar refractivity (Wildman–Crippen MR) is 116 cm³/mol. The Balaban J connectivity index is 1.66. The molecule has 1 N–H and O–H groups in total. The highest BCUT2D eigenvalue weighted by atomic mass is 16.5. The van der Waals surface area contributed by atoms with Crippen LogP contribution in [0.15, 0.2) is 59.7 Å². The van der Waals surface area contributed by atoms with Gasteiger partial charge in [0, 0.05) is 6.42 Å². The molecule has 0 aliphatic heterocycles. The molecule has 2 aromatic carbocycles. The zero-order chi connectivity index (χ0) is 20.7. The van der Waals surface area contributed by atoms with Gasteiger partial charge in [-0.2, -0.15) is 5.10 Å². The fourth-order valence-electron chi connectivity index (χ4n) is 2.84. The van der Waals surface area contributed by atoms with E-state index in [1.807, 2.05) is 6.07 Å². The van der Waals surface area contributed by atoms with Gasteiger partial charge in [0.2, 0.25) is 5.91 Å². The van der Waals surface area contributed by atoms with Crippen molar-refractivity contribution in [1.82, 2.24) is 5.43 Å². The van der Waals surface area contributed by atoms with Gasteiger partial charge in [0.15, 0.2) is 0 Å². The number of rotatable bonds is 12. The maximum Gasteiger partial charge on any atom is 0.343 e.